The van der Waals surface area contributed by atoms with Crippen LogP contribution in [0.1, 0.15) is 75.7 Å². The number of benzene rings is 4. The van der Waals surface area contributed by atoms with E-state index in [4.69, 9.17) is 49.1 Å². The van der Waals surface area contributed by atoms with Gasteiger partial charge in [0.1, 0.15) is 23.7 Å². The van der Waals surface area contributed by atoms with E-state index in [-0.39, 0.29) is 12.1 Å². The highest BCUT2D eigenvalue weighted by Crippen LogP contribution is 2.48. The number of piperidine rings is 6. The molecule has 0 radical (unpaired) electrons. The van der Waals surface area contributed by atoms with Crippen LogP contribution in [0.4, 0.5) is 0 Å². The molecule has 4 aromatic carbocycles. The molecule has 6 aliphatic rings. The van der Waals surface area contributed by atoms with Crippen LogP contribution in [0.3, 0.4) is 0 Å². The molecule has 0 spiro atoms. The van der Waals surface area contributed by atoms with Gasteiger partial charge in [-0.15, -0.1) is 10.2 Å². The van der Waals surface area contributed by atoms with Crippen LogP contribution in [0, 0.1) is 23.7 Å². The van der Waals surface area contributed by atoms with Crippen molar-refractivity contribution in [3.63, 3.8) is 0 Å². The zero-order valence-electron chi connectivity index (χ0n) is 40.4. The molecular weight excluding hydrogens is 873 g/mol. The van der Waals surface area contributed by atoms with E-state index in [1.807, 2.05) is 73.1 Å². The highest BCUT2D eigenvalue weighted by atomic mass is 16.5. The first-order chi connectivity index (χ1) is 34.5. The quantitative estimate of drug-likeness (QED) is 0.103. The van der Waals surface area contributed by atoms with Crippen LogP contribution in [0.2, 0.25) is 0 Å². The first kappa shape index (κ1) is 44.4. The standard InChI is InChI=1S/C58H60N8O4/c1-5-35-33-65-27-23-39(35)29-49(65)55(43-21-25-59-47-19-17-41(67-3)31-45(43)47)69-57-53-54(62-52(38-15-11-8-12-16-38)51(61-53)37-13-9-7-10-14-37)58(64-63-57)70-56(50-30-40-24-28-66(50)34-36(40)6-2)44-22-26-60-48-20-18-42(68-4)32-46(44)48/h7-22,25-26,31-32,35-36,39-40,49-50,55-56H,5-6,23-24,27-30,33-34H2,1-4H3/t35-,36-,39-,40-,49-,50-,55+,56+/m0/s1. The second kappa shape index (κ2) is 18.9. The van der Waals surface area contributed by atoms with E-state index in [1.54, 1.807) is 14.2 Å². The Bertz CT molecular complexity index is 2970. The third kappa shape index (κ3) is 8.04. The summed E-state index contributed by atoms with van der Waals surface area (Å²) in [5.74, 6) is 4.65. The average molecular weight is 933 g/mol. The molecule has 10 heterocycles. The maximum Gasteiger partial charge on any atom is 0.262 e. The zero-order chi connectivity index (χ0) is 47.3. The minimum atomic E-state index is -0.443. The van der Waals surface area contributed by atoms with Crippen LogP contribution in [-0.2, 0) is 0 Å². The van der Waals surface area contributed by atoms with Gasteiger partial charge in [0.2, 0.25) is 0 Å². The summed E-state index contributed by atoms with van der Waals surface area (Å²) in [6.45, 7) is 8.75. The van der Waals surface area contributed by atoms with Crippen LogP contribution >= 0.6 is 0 Å². The molecule has 70 heavy (non-hydrogen) atoms. The lowest BCUT2D eigenvalue weighted by Crippen LogP contribution is -2.56. The first-order valence-electron chi connectivity index (χ1n) is 25.3. The topological polar surface area (TPSA) is 121 Å². The number of hydrogen-bond acceptors (Lipinski definition) is 12. The summed E-state index contributed by atoms with van der Waals surface area (Å²) in [5, 5.41) is 12.1. The Kier molecular flexibility index (Phi) is 12.0. The van der Waals surface area contributed by atoms with Crippen molar-refractivity contribution in [3.8, 4) is 45.8 Å². The summed E-state index contributed by atoms with van der Waals surface area (Å²) >= 11 is 0. The van der Waals surface area contributed by atoms with Crippen molar-refractivity contribution >= 4 is 32.8 Å². The predicted octanol–water partition coefficient (Wildman–Crippen LogP) is 11.3. The maximum absolute atomic E-state index is 7.53. The molecule has 14 rings (SSSR count). The van der Waals surface area contributed by atoms with Gasteiger partial charge in [0, 0.05) is 58.5 Å². The molecule has 0 saturated carbocycles. The van der Waals surface area contributed by atoms with Crippen LogP contribution < -0.4 is 18.9 Å². The molecule has 12 nitrogen and oxygen atoms in total. The average Bonchev–Trinajstić information content (AvgIpc) is 3.43. The summed E-state index contributed by atoms with van der Waals surface area (Å²) < 4.78 is 26.6. The smallest absolute Gasteiger partial charge is 0.262 e. The Balaban J connectivity index is 1.06. The molecule has 6 saturated heterocycles. The summed E-state index contributed by atoms with van der Waals surface area (Å²) in [6, 6.07) is 37.0. The fraction of sp³-hybridized carbons (Fsp3) is 0.379. The summed E-state index contributed by atoms with van der Waals surface area (Å²) in [6.07, 6.45) is 9.61. The second-order valence-corrected chi connectivity index (χ2v) is 19.8. The molecule has 12 heteroatoms. The molecule has 0 amide bonds. The molecular formula is C58H60N8O4. The fourth-order valence-corrected chi connectivity index (χ4v) is 12.6. The minimum Gasteiger partial charge on any atom is -0.497 e. The molecule has 0 N–H and O–H groups in total. The molecule has 356 valence electrons. The van der Waals surface area contributed by atoms with Gasteiger partial charge in [0.05, 0.1) is 48.7 Å². The van der Waals surface area contributed by atoms with Gasteiger partial charge in [-0.25, -0.2) is 9.97 Å². The van der Waals surface area contributed by atoms with Gasteiger partial charge >= 0.3 is 0 Å². The van der Waals surface area contributed by atoms with Gasteiger partial charge in [0.25, 0.3) is 11.8 Å². The number of nitrogens with zero attached hydrogens (tertiary/aromatic N) is 8. The monoisotopic (exact) mass is 932 g/mol. The Morgan fingerprint density at radius 1 is 0.557 bits per heavy atom. The van der Waals surface area contributed by atoms with E-state index < -0.39 is 12.2 Å². The van der Waals surface area contributed by atoms with Gasteiger partial charge < -0.3 is 18.9 Å². The van der Waals surface area contributed by atoms with Crippen molar-refractivity contribution in [2.75, 3.05) is 40.4 Å². The number of pyridine rings is 2. The van der Waals surface area contributed by atoms with Gasteiger partial charge in [0.15, 0.2) is 11.0 Å². The molecule has 4 bridgehead atoms. The number of aromatic nitrogens is 6. The molecule has 0 aliphatic carbocycles. The molecule has 6 aliphatic heterocycles. The van der Waals surface area contributed by atoms with E-state index in [0.29, 0.717) is 46.5 Å². The minimum absolute atomic E-state index is 0.0698. The van der Waals surface area contributed by atoms with Crippen molar-refractivity contribution in [1.29, 1.82) is 0 Å². The first-order valence-corrected chi connectivity index (χ1v) is 25.3. The van der Waals surface area contributed by atoms with E-state index in [9.17, 15) is 0 Å². The fourth-order valence-electron chi connectivity index (χ4n) is 12.6. The van der Waals surface area contributed by atoms with E-state index >= 15 is 0 Å². The molecule has 2 unspecified atom stereocenters. The third-order valence-electron chi connectivity index (χ3n) is 16.3. The number of rotatable bonds is 14. The Hall–Kier alpha value is -6.76. The lowest BCUT2D eigenvalue weighted by molar-refractivity contribution is -0.0505. The normalized spacial score (nSPS) is 24.7. The van der Waals surface area contributed by atoms with Crippen molar-refractivity contribution in [2.24, 2.45) is 23.7 Å². The predicted molar refractivity (Wildman–Crippen MR) is 273 cm³/mol. The van der Waals surface area contributed by atoms with Crippen molar-refractivity contribution in [3.05, 3.63) is 133 Å². The molecule has 4 aromatic heterocycles. The number of ether oxygens (including phenoxy) is 4. The molecule has 10 atom stereocenters. The Morgan fingerprint density at radius 3 is 1.39 bits per heavy atom. The highest BCUT2D eigenvalue weighted by molar-refractivity contribution is 5.91. The molecule has 8 aromatic rings. The van der Waals surface area contributed by atoms with Gasteiger partial charge in [-0.3, -0.25) is 19.8 Å². The van der Waals surface area contributed by atoms with Gasteiger partial charge in [-0.1, -0.05) is 87.4 Å². The lowest BCUT2D eigenvalue weighted by atomic mass is 9.72. The maximum atomic E-state index is 7.53. The lowest BCUT2D eigenvalue weighted by Gasteiger charge is -2.52. The second-order valence-electron chi connectivity index (χ2n) is 19.8. The van der Waals surface area contributed by atoms with Crippen LogP contribution in [0.5, 0.6) is 23.3 Å². The van der Waals surface area contributed by atoms with E-state index in [2.05, 4.69) is 72.2 Å². The van der Waals surface area contributed by atoms with Gasteiger partial charge in [-0.2, -0.15) is 0 Å². The largest absolute Gasteiger partial charge is 0.497 e. The third-order valence-corrected chi connectivity index (χ3v) is 16.3. The summed E-state index contributed by atoms with van der Waals surface area (Å²) in [4.78, 5) is 26.1. The number of hydrogen-bond donors (Lipinski definition) is 0. The molecule has 6 fully saturated rings. The number of methoxy groups -OCH3 is 2. The van der Waals surface area contributed by atoms with E-state index in [1.165, 1.54) is 12.8 Å². The summed E-state index contributed by atoms with van der Waals surface area (Å²) in [7, 11) is 3.41. The summed E-state index contributed by atoms with van der Waals surface area (Å²) in [5.41, 5.74) is 8.06. The van der Waals surface area contributed by atoms with Crippen LogP contribution in [0.25, 0.3) is 55.4 Å². The van der Waals surface area contributed by atoms with Gasteiger partial charge in [-0.05, 0) is 111 Å². The number of fused-ring (bicyclic) bond motifs is 9. The van der Waals surface area contributed by atoms with Crippen molar-refractivity contribution in [1.82, 2.24) is 39.9 Å². The van der Waals surface area contributed by atoms with Crippen LogP contribution in [0.15, 0.2) is 122 Å². The Labute approximate surface area is 409 Å². The highest BCUT2D eigenvalue weighted by Gasteiger charge is 2.46. The van der Waals surface area contributed by atoms with Crippen molar-refractivity contribution in [2.45, 2.75) is 76.7 Å². The zero-order valence-corrected chi connectivity index (χ0v) is 40.4. The van der Waals surface area contributed by atoms with Crippen molar-refractivity contribution < 1.29 is 18.9 Å². The van der Waals surface area contributed by atoms with Crippen LogP contribution in [-0.4, -0.2) is 92.4 Å². The van der Waals surface area contributed by atoms with E-state index in [0.717, 1.165) is 119 Å². The Morgan fingerprint density at radius 2 is 1.00 bits per heavy atom. The SMILES string of the molecule is CC[C@H]1CN2CC[C@H]1C[C@H]2[C@H](Oc1nnc(O[C@H](c2ccnc3ccc(OC)cc23)[C@@H]2C[C@@H]3CCN2C[C@@H]3CC)c2nc(-c3ccccc3)c(-c3ccccc3)nc12)c1ccnc2ccc(OC)cc12.